The summed E-state index contributed by atoms with van der Waals surface area (Å²) in [5, 5.41) is 3.38. The van der Waals surface area contributed by atoms with Crippen LogP contribution in [0.4, 0.5) is 0 Å². The minimum Gasteiger partial charge on any atom is -0.493 e. The molecule has 1 aromatic rings. The Morgan fingerprint density at radius 3 is 3.11 bits per heavy atom. The van der Waals surface area contributed by atoms with Gasteiger partial charge in [-0.15, -0.1) is 0 Å². The van der Waals surface area contributed by atoms with Gasteiger partial charge in [0.15, 0.2) is 5.96 Å². The van der Waals surface area contributed by atoms with Crippen LogP contribution in [0.5, 0.6) is 5.75 Å². The van der Waals surface area contributed by atoms with E-state index >= 15 is 0 Å². The summed E-state index contributed by atoms with van der Waals surface area (Å²) in [6.45, 7) is 8.31. The van der Waals surface area contributed by atoms with Crippen molar-refractivity contribution in [1.29, 1.82) is 0 Å². The number of hydrogen-bond acceptors (Lipinski definition) is 4. The highest BCUT2D eigenvalue weighted by Gasteiger charge is 2.28. The van der Waals surface area contributed by atoms with E-state index in [0.29, 0.717) is 13.2 Å². The molecule has 27 heavy (non-hydrogen) atoms. The standard InChI is InChI=1S/C21H31N3O3/c1-3-22-21(24-12-5-6-18(15-24)20(25)26-4-2)23-11-9-16-7-8-19-17(14-16)10-13-27-19/h7-8,14,18H,3-6,9-13,15H2,1-2H3,(H,22,23)/t18-/m0/s1. The number of nitrogens with zero attached hydrogens (tertiary/aromatic N) is 2. The number of likely N-dealkylation sites (tertiary alicyclic amines) is 1. The van der Waals surface area contributed by atoms with Crippen LogP contribution in [-0.2, 0) is 22.4 Å². The number of rotatable bonds is 6. The third-order valence-corrected chi connectivity index (χ3v) is 5.09. The van der Waals surface area contributed by atoms with Crippen LogP contribution in [0.1, 0.15) is 37.8 Å². The van der Waals surface area contributed by atoms with Crippen molar-refractivity contribution in [3.63, 3.8) is 0 Å². The molecule has 0 unspecified atom stereocenters. The van der Waals surface area contributed by atoms with Crippen LogP contribution >= 0.6 is 0 Å². The molecule has 2 aliphatic rings. The van der Waals surface area contributed by atoms with Crippen LogP contribution in [0.15, 0.2) is 23.2 Å². The van der Waals surface area contributed by atoms with Crippen LogP contribution in [0, 0.1) is 5.92 Å². The van der Waals surface area contributed by atoms with Crippen LogP contribution in [-0.4, -0.2) is 56.2 Å². The van der Waals surface area contributed by atoms with Gasteiger partial charge in [0.1, 0.15) is 5.75 Å². The van der Waals surface area contributed by atoms with Crippen molar-refractivity contribution in [1.82, 2.24) is 10.2 Å². The van der Waals surface area contributed by atoms with Crippen LogP contribution in [0.3, 0.4) is 0 Å². The Hall–Kier alpha value is -2.24. The highest BCUT2D eigenvalue weighted by Crippen LogP contribution is 2.26. The Bertz CT molecular complexity index is 675. The van der Waals surface area contributed by atoms with Crippen molar-refractivity contribution < 1.29 is 14.3 Å². The minimum absolute atomic E-state index is 0.0562. The van der Waals surface area contributed by atoms with Crippen molar-refractivity contribution >= 4 is 11.9 Å². The maximum atomic E-state index is 12.1. The number of esters is 1. The molecule has 0 bridgehead atoms. The Labute approximate surface area is 161 Å². The molecule has 6 heteroatoms. The summed E-state index contributed by atoms with van der Waals surface area (Å²) >= 11 is 0. The number of piperidine rings is 1. The normalized spacial score (nSPS) is 19.4. The lowest BCUT2D eigenvalue weighted by atomic mass is 9.98. The summed E-state index contributed by atoms with van der Waals surface area (Å²) < 4.78 is 10.8. The van der Waals surface area contributed by atoms with Gasteiger partial charge in [-0.1, -0.05) is 12.1 Å². The van der Waals surface area contributed by atoms with E-state index in [1.807, 2.05) is 6.92 Å². The summed E-state index contributed by atoms with van der Waals surface area (Å²) in [6.07, 6.45) is 3.78. The third kappa shape index (κ3) is 5.15. The lowest BCUT2D eigenvalue weighted by Crippen LogP contribution is -2.48. The molecule has 1 saturated heterocycles. The number of ether oxygens (including phenoxy) is 2. The third-order valence-electron chi connectivity index (χ3n) is 5.09. The molecular formula is C21H31N3O3. The van der Waals surface area contributed by atoms with Gasteiger partial charge in [-0.2, -0.15) is 0 Å². The molecule has 6 nitrogen and oxygen atoms in total. The van der Waals surface area contributed by atoms with E-state index in [4.69, 9.17) is 14.5 Å². The number of hydrogen-bond donors (Lipinski definition) is 1. The molecule has 0 saturated carbocycles. The Morgan fingerprint density at radius 1 is 1.41 bits per heavy atom. The average molecular weight is 373 g/mol. The molecule has 0 aliphatic carbocycles. The van der Waals surface area contributed by atoms with Gasteiger partial charge in [0.05, 0.1) is 19.1 Å². The average Bonchev–Trinajstić information content (AvgIpc) is 3.15. The largest absolute Gasteiger partial charge is 0.493 e. The van der Waals surface area contributed by atoms with Crippen molar-refractivity contribution in [2.24, 2.45) is 10.9 Å². The molecule has 148 valence electrons. The molecule has 0 amide bonds. The number of benzene rings is 1. The molecule has 1 atom stereocenters. The molecule has 0 aromatic heterocycles. The zero-order valence-corrected chi connectivity index (χ0v) is 16.5. The van der Waals surface area contributed by atoms with Crippen LogP contribution in [0.25, 0.3) is 0 Å². The van der Waals surface area contributed by atoms with Gasteiger partial charge in [-0.05, 0) is 50.3 Å². The monoisotopic (exact) mass is 373 g/mol. The molecular weight excluding hydrogens is 342 g/mol. The fraction of sp³-hybridized carbons (Fsp3) is 0.619. The second kappa shape index (κ2) is 9.62. The van der Waals surface area contributed by atoms with Crippen molar-refractivity contribution in [3.8, 4) is 5.75 Å². The summed E-state index contributed by atoms with van der Waals surface area (Å²) in [7, 11) is 0. The highest BCUT2D eigenvalue weighted by atomic mass is 16.5. The Balaban J connectivity index is 1.59. The predicted molar refractivity (Wildman–Crippen MR) is 106 cm³/mol. The maximum Gasteiger partial charge on any atom is 0.310 e. The van der Waals surface area contributed by atoms with Crippen molar-refractivity contribution in [2.75, 3.05) is 39.4 Å². The van der Waals surface area contributed by atoms with E-state index in [-0.39, 0.29) is 11.9 Å². The minimum atomic E-state index is -0.0848. The van der Waals surface area contributed by atoms with Gasteiger partial charge in [-0.3, -0.25) is 9.79 Å². The number of nitrogens with one attached hydrogen (secondary N) is 1. The zero-order chi connectivity index (χ0) is 19.1. The molecule has 1 N–H and O–H groups in total. The first-order valence-corrected chi connectivity index (χ1v) is 10.2. The summed E-state index contributed by atoms with van der Waals surface area (Å²) in [4.78, 5) is 19.1. The summed E-state index contributed by atoms with van der Waals surface area (Å²) in [6, 6.07) is 6.44. The fourth-order valence-corrected chi connectivity index (χ4v) is 3.73. The lowest BCUT2D eigenvalue weighted by molar-refractivity contribution is -0.149. The second-order valence-corrected chi connectivity index (χ2v) is 7.06. The van der Waals surface area contributed by atoms with Gasteiger partial charge in [0.25, 0.3) is 0 Å². The predicted octanol–water partition coefficient (Wildman–Crippen LogP) is 2.40. The van der Waals surface area contributed by atoms with Gasteiger partial charge in [-0.25, -0.2) is 0 Å². The van der Waals surface area contributed by atoms with E-state index in [9.17, 15) is 4.79 Å². The molecule has 0 radical (unpaired) electrons. The number of carbonyl (C=O) groups excluding carboxylic acids is 1. The molecule has 2 heterocycles. The Kier molecular flexibility index (Phi) is 6.96. The highest BCUT2D eigenvalue weighted by molar-refractivity contribution is 5.81. The maximum absolute atomic E-state index is 12.1. The zero-order valence-electron chi connectivity index (χ0n) is 16.5. The first kappa shape index (κ1) is 19.5. The van der Waals surface area contributed by atoms with E-state index in [2.05, 4.69) is 35.3 Å². The number of fused-ring (bicyclic) bond motifs is 1. The van der Waals surface area contributed by atoms with E-state index in [1.54, 1.807) is 0 Å². The summed E-state index contributed by atoms with van der Waals surface area (Å²) in [5.41, 5.74) is 2.60. The van der Waals surface area contributed by atoms with E-state index in [0.717, 1.165) is 63.6 Å². The molecule has 3 rings (SSSR count). The number of aliphatic imine (C=N–C) groups is 1. The van der Waals surface area contributed by atoms with Gasteiger partial charge in [0.2, 0.25) is 0 Å². The first-order valence-electron chi connectivity index (χ1n) is 10.2. The SMILES string of the molecule is CCNC(=NCCc1ccc2c(c1)CCO2)N1CCC[C@H](C(=O)OCC)C1. The first-order chi connectivity index (χ1) is 13.2. The smallest absolute Gasteiger partial charge is 0.310 e. The second-order valence-electron chi connectivity index (χ2n) is 7.06. The number of carbonyl (C=O) groups is 1. The van der Waals surface area contributed by atoms with Gasteiger partial charge < -0.3 is 19.7 Å². The molecule has 2 aliphatic heterocycles. The molecule has 0 spiro atoms. The van der Waals surface area contributed by atoms with Crippen molar-refractivity contribution in [3.05, 3.63) is 29.3 Å². The lowest BCUT2D eigenvalue weighted by Gasteiger charge is -2.34. The summed E-state index contributed by atoms with van der Waals surface area (Å²) in [5.74, 6) is 1.78. The van der Waals surface area contributed by atoms with Gasteiger partial charge >= 0.3 is 5.97 Å². The topological polar surface area (TPSA) is 63.2 Å². The molecule has 1 fully saturated rings. The molecule has 1 aromatic carbocycles. The van der Waals surface area contributed by atoms with Gasteiger partial charge in [0, 0.05) is 32.6 Å². The van der Waals surface area contributed by atoms with Crippen LogP contribution < -0.4 is 10.1 Å². The number of guanidine groups is 1. The quantitative estimate of drug-likeness (QED) is 0.471. The van der Waals surface area contributed by atoms with Crippen LogP contribution in [0.2, 0.25) is 0 Å². The fourth-order valence-electron chi connectivity index (χ4n) is 3.73. The van der Waals surface area contributed by atoms with E-state index in [1.165, 1.54) is 11.1 Å². The Morgan fingerprint density at radius 2 is 2.30 bits per heavy atom. The van der Waals surface area contributed by atoms with E-state index < -0.39 is 0 Å². The van der Waals surface area contributed by atoms with Crippen molar-refractivity contribution in [2.45, 2.75) is 39.5 Å².